The molecule has 0 saturated carbocycles. The van der Waals surface area contributed by atoms with Crippen LogP contribution in [0.5, 0.6) is 0 Å². The summed E-state index contributed by atoms with van der Waals surface area (Å²) < 4.78 is 30.6. The number of carbonyl (C=O) groups excluding carboxylic acids is 1. The molecule has 0 aliphatic heterocycles. The minimum atomic E-state index is -4.16. The van der Waals surface area contributed by atoms with Crippen molar-refractivity contribution in [2.45, 2.75) is 0 Å². The van der Waals surface area contributed by atoms with Gasteiger partial charge in [0.15, 0.2) is 0 Å². The molecule has 1 amide bonds. The third-order valence-corrected chi connectivity index (χ3v) is 2.86. The largest absolute Gasteiger partial charge is 0.452 e. The Balaban J connectivity index is 2.99. The van der Waals surface area contributed by atoms with Crippen LogP contribution in [0.1, 0.15) is 11.1 Å². The first-order valence-corrected chi connectivity index (χ1v) is 6.23. The van der Waals surface area contributed by atoms with Crippen LogP contribution in [0.4, 0.5) is 10.5 Å². The zero-order valence-corrected chi connectivity index (χ0v) is 10.5. The van der Waals surface area contributed by atoms with Crippen molar-refractivity contribution in [2.75, 3.05) is 11.8 Å². The van der Waals surface area contributed by atoms with Crippen LogP contribution in [0.15, 0.2) is 18.2 Å². The summed E-state index contributed by atoms with van der Waals surface area (Å²) in [4.78, 5) is 10.8. The van der Waals surface area contributed by atoms with Crippen molar-refractivity contribution in [3.05, 3.63) is 29.3 Å². The first-order valence-electron chi connectivity index (χ1n) is 4.74. The van der Waals surface area contributed by atoms with Gasteiger partial charge in [0, 0.05) is 0 Å². The Labute approximate surface area is 109 Å². The maximum atomic E-state index is 11.5. The van der Waals surface area contributed by atoms with Crippen molar-refractivity contribution >= 4 is 22.0 Å². The highest BCUT2D eigenvalue weighted by molar-refractivity contribution is 7.91. The Morgan fingerprint density at radius 1 is 1.26 bits per heavy atom. The maximum absolute atomic E-state index is 11.5. The molecule has 0 aromatic heterocycles. The van der Waals surface area contributed by atoms with Crippen LogP contribution in [0.2, 0.25) is 0 Å². The van der Waals surface area contributed by atoms with Gasteiger partial charge in [-0.25, -0.2) is 9.52 Å². The number of nitrogens with zero attached hydrogens (tertiary/aromatic N) is 2. The van der Waals surface area contributed by atoms with Crippen molar-refractivity contribution < 1.29 is 17.9 Å². The molecule has 1 rings (SSSR count). The van der Waals surface area contributed by atoms with Gasteiger partial charge in [-0.05, 0) is 18.2 Å². The fraction of sp³-hybridized carbons (Fsp3) is 0.100. The monoisotopic (exact) mass is 280 g/mol. The fourth-order valence-corrected chi connectivity index (χ4v) is 1.92. The number of methoxy groups -OCH3 is 1. The second-order valence-electron chi connectivity index (χ2n) is 3.18. The summed E-state index contributed by atoms with van der Waals surface area (Å²) >= 11 is 0. The number of hydrogen-bond acceptors (Lipinski definition) is 6. The normalized spacial score (nSPS) is 9.84. The molecule has 1 aromatic rings. The molecule has 8 nitrogen and oxygen atoms in total. The molecule has 19 heavy (non-hydrogen) atoms. The molecule has 0 aliphatic rings. The molecular formula is C10H8N4O4S. The molecule has 0 radical (unpaired) electrons. The summed E-state index contributed by atoms with van der Waals surface area (Å²) in [6.07, 6.45) is -1.15. The van der Waals surface area contributed by atoms with E-state index in [9.17, 15) is 13.2 Å². The van der Waals surface area contributed by atoms with Gasteiger partial charge in [-0.3, -0.25) is 4.72 Å². The Kier molecular flexibility index (Phi) is 4.29. The average molecular weight is 280 g/mol. The molecule has 2 N–H and O–H groups in total. The van der Waals surface area contributed by atoms with Crippen molar-refractivity contribution in [1.29, 1.82) is 10.5 Å². The molecular weight excluding hydrogens is 272 g/mol. The topological polar surface area (TPSA) is 132 Å². The van der Waals surface area contributed by atoms with Crippen molar-refractivity contribution in [3.63, 3.8) is 0 Å². The van der Waals surface area contributed by atoms with Gasteiger partial charge in [0.05, 0.1) is 23.9 Å². The van der Waals surface area contributed by atoms with E-state index in [1.165, 1.54) is 18.2 Å². The molecule has 1 aromatic carbocycles. The number of carbonyl (C=O) groups is 1. The number of amides is 1. The fourth-order valence-electron chi connectivity index (χ4n) is 1.13. The van der Waals surface area contributed by atoms with E-state index in [-0.39, 0.29) is 16.8 Å². The third-order valence-electron chi connectivity index (χ3n) is 1.92. The molecule has 9 heteroatoms. The molecule has 0 unspecified atom stereocenters. The van der Waals surface area contributed by atoms with Crippen LogP contribution < -0.4 is 9.44 Å². The standard InChI is InChI=1S/C10H8N4O4S/c1-18-10(15)14-19(16,17)13-9-3-2-7(5-11)8(4-9)6-12/h2-4,13H,1H3,(H,14,15). The van der Waals surface area contributed by atoms with E-state index in [1.54, 1.807) is 16.9 Å². The van der Waals surface area contributed by atoms with Crippen molar-refractivity contribution in [3.8, 4) is 12.1 Å². The van der Waals surface area contributed by atoms with Crippen LogP contribution in [-0.4, -0.2) is 21.6 Å². The summed E-state index contributed by atoms with van der Waals surface area (Å²) in [6, 6.07) is 7.29. The van der Waals surface area contributed by atoms with E-state index in [1.807, 2.05) is 4.72 Å². The first-order chi connectivity index (χ1) is 8.91. The van der Waals surface area contributed by atoms with Crippen LogP contribution in [-0.2, 0) is 14.9 Å². The SMILES string of the molecule is COC(=O)NS(=O)(=O)Nc1ccc(C#N)c(C#N)c1. The maximum Gasteiger partial charge on any atom is 0.422 e. The van der Waals surface area contributed by atoms with E-state index in [4.69, 9.17) is 10.5 Å². The Hall–Kier alpha value is -2.78. The lowest BCUT2D eigenvalue weighted by Crippen LogP contribution is -2.35. The van der Waals surface area contributed by atoms with Crippen LogP contribution in [0.25, 0.3) is 0 Å². The second kappa shape index (κ2) is 5.71. The van der Waals surface area contributed by atoms with E-state index in [0.29, 0.717) is 0 Å². The molecule has 0 saturated heterocycles. The lowest BCUT2D eigenvalue weighted by Gasteiger charge is -2.08. The Bertz CT molecular complexity index is 684. The van der Waals surface area contributed by atoms with E-state index < -0.39 is 16.3 Å². The molecule has 0 aliphatic carbocycles. The van der Waals surface area contributed by atoms with Gasteiger partial charge in [0.2, 0.25) is 0 Å². The lowest BCUT2D eigenvalue weighted by atomic mass is 10.1. The summed E-state index contributed by atoms with van der Waals surface area (Å²) in [7, 11) is -3.14. The predicted octanol–water partition coefficient (Wildman–Crippen LogP) is 0.443. The Morgan fingerprint density at radius 2 is 1.89 bits per heavy atom. The average Bonchev–Trinajstić information content (AvgIpc) is 2.37. The summed E-state index contributed by atoms with van der Waals surface area (Å²) in [6.45, 7) is 0. The zero-order valence-electron chi connectivity index (χ0n) is 9.67. The summed E-state index contributed by atoms with van der Waals surface area (Å²) in [5.74, 6) is 0. The molecule has 98 valence electrons. The van der Waals surface area contributed by atoms with E-state index in [2.05, 4.69) is 4.74 Å². The lowest BCUT2D eigenvalue weighted by molar-refractivity contribution is 0.177. The number of nitriles is 2. The molecule has 0 fully saturated rings. The molecule has 0 heterocycles. The number of benzene rings is 1. The van der Waals surface area contributed by atoms with Gasteiger partial charge in [-0.2, -0.15) is 18.9 Å². The summed E-state index contributed by atoms with van der Waals surface area (Å²) in [5.41, 5.74) is 0.166. The van der Waals surface area contributed by atoms with Gasteiger partial charge < -0.3 is 4.74 Å². The van der Waals surface area contributed by atoms with Crippen LogP contribution in [0, 0.1) is 22.7 Å². The number of ether oxygens (including phenoxy) is 1. The van der Waals surface area contributed by atoms with Gasteiger partial charge in [0.1, 0.15) is 12.1 Å². The van der Waals surface area contributed by atoms with Gasteiger partial charge in [-0.15, -0.1) is 0 Å². The molecule has 0 spiro atoms. The van der Waals surface area contributed by atoms with E-state index in [0.717, 1.165) is 7.11 Å². The number of nitrogens with one attached hydrogen (secondary N) is 2. The summed E-state index contributed by atoms with van der Waals surface area (Å²) in [5, 5.41) is 17.5. The number of rotatable bonds is 3. The van der Waals surface area contributed by atoms with Crippen molar-refractivity contribution in [2.24, 2.45) is 0 Å². The van der Waals surface area contributed by atoms with Gasteiger partial charge in [0.25, 0.3) is 0 Å². The minimum Gasteiger partial charge on any atom is -0.452 e. The van der Waals surface area contributed by atoms with E-state index >= 15 is 0 Å². The quantitative estimate of drug-likeness (QED) is 0.825. The van der Waals surface area contributed by atoms with Crippen LogP contribution in [0.3, 0.4) is 0 Å². The smallest absolute Gasteiger partial charge is 0.422 e. The van der Waals surface area contributed by atoms with Crippen molar-refractivity contribution in [1.82, 2.24) is 4.72 Å². The van der Waals surface area contributed by atoms with Gasteiger partial charge in [-0.1, -0.05) is 0 Å². The zero-order chi connectivity index (χ0) is 14.5. The van der Waals surface area contributed by atoms with Gasteiger partial charge >= 0.3 is 16.3 Å². The highest BCUT2D eigenvalue weighted by Gasteiger charge is 2.15. The third kappa shape index (κ3) is 3.87. The number of anilines is 1. The Morgan fingerprint density at radius 3 is 2.42 bits per heavy atom. The second-order valence-corrected chi connectivity index (χ2v) is 4.60. The highest BCUT2D eigenvalue weighted by Crippen LogP contribution is 2.15. The molecule has 0 atom stereocenters. The minimum absolute atomic E-state index is 0.0146. The number of hydrogen-bond donors (Lipinski definition) is 2. The van der Waals surface area contributed by atoms with Crippen LogP contribution >= 0.6 is 0 Å². The highest BCUT2D eigenvalue weighted by atomic mass is 32.2. The molecule has 0 bridgehead atoms. The first kappa shape index (κ1) is 14.3. The predicted molar refractivity (Wildman–Crippen MR) is 64.0 cm³/mol.